The Labute approximate surface area is 135 Å². The first-order chi connectivity index (χ1) is 10.1. The Balaban J connectivity index is 2.72. The second kappa shape index (κ2) is 10.00. The zero-order chi connectivity index (χ0) is 15.7. The molecule has 1 N–H and O–H groups in total. The minimum Gasteiger partial charge on any atom is -0.493 e. The van der Waals surface area contributed by atoms with Crippen LogP contribution in [0.15, 0.2) is 16.6 Å². The van der Waals surface area contributed by atoms with Crippen molar-refractivity contribution in [2.24, 2.45) is 0 Å². The number of halogens is 1. The maximum absolute atomic E-state index is 5.77. The van der Waals surface area contributed by atoms with E-state index in [1.54, 1.807) is 21.3 Å². The molecule has 1 rings (SSSR count). The minimum absolute atomic E-state index is 0.0250. The van der Waals surface area contributed by atoms with Gasteiger partial charge in [-0.05, 0) is 40.5 Å². The summed E-state index contributed by atoms with van der Waals surface area (Å²) < 4.78 is 22.2. The summed E-state index contributed by atoms with van der Waals surface area (Å²) in [7, 11) is 4.99. The highest BCUT2D eigenvalue weighted by atomic mass is 79.9. The van der Waals surface area contributed by atoms with Crippen LogP contribution in [0.4, 0.5) is 0 Å². The van der Waals surface area contributed by atoms with Crippen molar-refractivity contribution in [2.45, 2.75) is 19.6 Å². The van der Waals surface area contributed by atoms with Crippen LogP contribution in [0.3, 0.4) is 0 Å². The molecule has 5 nitrogen and oxygen atoms in total. The predicted molar refractivity (Wildman–Crippen MR) is 86.2 cm³/mol. The molecular formula is C15H24BrNO4. The highest BCUT2D eigenvalue weighted by Crippen LogP contribution is 2.36. The number of methoxy groups -OCH3 is 3. The van der Waals surface area contributed by atoms with Crippen molar-refractivity contribution >= 4 is 15.9 Å². The quantitative estimate of drug-likeness (QED) is 0.649. The predicted octanol–water partition coefficient (Wildman–Crippen LogP) is 2.61. The van der Waals surface area contributed by atoms with Crippen LogP contribution in [-0.4, -0.2) is 47.2 Å². The molecule has 0 spiro atoms. The van der Waals surface area contributed by atoms with Crippen LogP contribution in [0, 0.1) is 0 Å². The van der Waals surface area contributed by atoms with Gasteiger partial charge in [-0.2, -0.15) is 0 Å². The molecule has 21 heavy (non-hydrogen) atoms. The average Bonchev–Trinajstić information content (AvgIpc) is 2.49. The van der Waals surface area contributed by atoms with E-state index in [0.29, 0.717) is 24.7 Å². The maximum Gasteiger partial charge on any atom is 0.175 e. The van der Waals surface area contributed by atoms with E-state index >= 15 is 0 Å². The lowest BCUT2D eigenvalue weighted by Gasteiger charge is -2.17. The molecule has 6 heteroatoms. The average molecular weight is 362 g/mol. The van der Waals surface area contributed by atoms with E-state index < -0.39 is 0 Å². The zero-order valence-electron chi connectivity index (χ0n) is 13.1. The minimum atomic E-state index is 0.0250. The van der Waals surface area contributed by atoms with Crippen molar-refractivity contribution in [1.29, 1.82) is 0 Å². The van der Waals surface area contributed by atoms with Crippen molar-refractivity contribution in [3.05, 3.63) is 22.2 Å². The fourth-order valence-electron chi connectivity index (χ4n) is 1.69. The third-order valence-electron chi connectivity index (χ3n) is 2.97. The van der Waals surface area contributed by atoms with Gasteiger partial charge in [0.25, 0.3) is 0 Å². The smallest absolute Gasteiger partial charge is 0.175 e. The first kappa shape index (κ1) is 18.2. The van der Waals surface area contributed by atoms with Gasteiger partial charge in [0.05, 0.1) is 24.3 Å². The summed E-state index contributed by atoms with van der Waals surface area (Å²) in [6, 6.07) is 3.99. The second-order valence-electron chi connectivity index (χ2n) is 4.64. The lowest BCUT2D eigenvalue weighted by Crippen LogP contribution is -2.19. The van der Waals surface area contributed by atoms with Crippen LogP contribution >= 0.6 is 15.9 Å². The lowest BCUT2D eigenvalue weighted by atomic mass is 10.2. The molecule has 0 bridgehead atoms. The fourth-order valence-corrected chi connectivity index (χ4v) is 2.29. The van der Waals surface area contributed by atoms with Crippen LogP contribution in [0.2, 0.25) is 0 Å². The Morgan fingerprint density at radius 3 is 2.62 bits per heavy atom. The summed E-state index contributed by atoms with van der Waals surface area (Å²) in [6.07, 6.45) is 0.0250. The van der Waals surface area contributed by atoms with E-state index in [1.807, 2.05) is 19.1 Å². The molecule has 0 aliphatic rings. The number of rotatable bonds is 10. The highest BCUT2D eigenvalue weighted by molar-refractivity contribution is 9.10. The lowest BCUT2D eigenvalue weighted by molar-refractivity contribution is 0.0703. The van der Waals surface area contributed by atoms with Crippen molar-refractivity contribution in [3.8, 4) is 11.5 Å². The van der Waals surface area contributed by atoms with E-state index in [-0.39, 0.29) is 6.10 Å². The van der Waals surface area contributed by atoms with Gasteiger partial charge < -0.3 is 24.3 Å². The van der Waals surface area contributed by atoms with Gasteiger partial charge in [0.1, 0.15) is 6.61 Å². The van der Waals surface area contributed by atoms with Crippen molar-refractivity contribution in [2.75, 3.05) is 41.1 Å². The van der Waals surface area contributed by atoms with Crippen LogP contribution in [-0.2, 0) is 16.0 Å². The molecule has 0 amide bonds. The standard InChI is InChI=1S/C15H24BrNO4/c1-11(19-3)10-21-15-13(16)7-12(8-14(15)20-4)9-17-5-6-18-2/h7-8,11,17H,5-6,9-10H2,1-4H3. The largest absolute Gasteiger partial charge is 0.493 e. The maximum atomic E-state index is 5.77. The van der Waals surface area contributed by atoms with Crippen molar-refractivity contribution in [3.63, 3.8) is 0 Å². The Hall–Kier alpha value is -0.820. The second-order valence-corrected chi connectivity index (χ2v) is 5.49. The molecule has 120 valence electrons. The molecule has 0 fully saturated rings. The van der Waals surface area contributed by atoms with Gasteiger partial charge in [-0.15, -0.1) is 0 Å². The number of hydrogen-bond donors (Lipinski definition) is 1. The molecule has 0 saturated carbocycles. The molecule has 0 aliphatic heterocycles. The first-order valence-electron chi connectivity index (χ1n) is 6.84. The van der Waals surface area contributed by atoms with Gasteiger partial charge in [-0.1, -0.05) is 0 Å². The Morgan fingerprint density at radius 1 is 1.24 bits per heavy atom. The molecule has 0 aliphatic carbocycles. The Kier molecular flexibility index (Phi) is 8.68. The van der Waals surface area contributed by atoms with Crippen molar-refractivity contribution < 1.29 is 18.9 Å². The van der Waals surface area contributed by atoms with E-state index in [2.05, 4.69) is 21.2 Å². The van der Waals surface area contributed by atoms with Crippen LogP contribution < -0.4 is 14.8 Å². The number of hydrogen-bond acceptors (Lipinski definition) is 5. The molecule has 0 aromatic heterocycles. The topological polar surface area (TPSA) is 49.0 Å². The SMILES string of the molecule is COCCNCc1cc(Br)c(OCC(C)OC)c(OC)c1. The van der Waals surface area contributed by atoms with Gasteiger partial charge >= 0.3 is 0 Å². The Morgan fingerprint density at radius 2 is 2.00 bits per heavy atom. The van der Waals surface area contributed by atoms with Crippen LogP contribution in [0.25, 0.3) is 0 Å². The fraction of sp³-hybridized carbons (Fsp3) is 0.600. The number of nitrogens with one attached hydrogen (secondary N) is 1. The third-order valence-corrected chi connectivity index (χ3v) is 3.56. The monoisotopic (exact) mass is 361 g/mol. The summed E-state index contributed by atoms with van der Waals surface area (Å²) in [4.78, 5) is 0. The van der Waals surface area contributed by atoms with E-state index in [4.69, 9.17) is 18.9 Å². The molecule has 1 unspecified atom stereocenters. The third kappa shape index (κ3) is 6.22. The van der Waals surface area contributed by atoms with Crippen molar-refractivity contribution in [1.82, 2.24) is 5.32 Å². The molecule has 1 aromatic rings. The number of benzene rings is 1. The number of ether oxygens (including phenoxy) is 4. The van der Waals surface area contributed by atoms with Gasteiger partial charge in [0, 0.05) is 27.3 Å². The normalized spacial score (nSPS) is 12.2. The Bertz CT molecular complexity index is 428. The van der Waals surface area contributed by atoms with E-state index in [1.165, 1.54) is 0 Å². The van der Waals surface area contributed by atoms with Gasteiger partial charge in [-0.25, -0.2) is 0 Å². The van der Waals surface area contributed by atoms with Gasteiger partial charge in [-0.3, -0.25) is 0 Å². The van der Waals surface area contributed by atoms with Gasteiger partial charge in [0.15, 0.2) is 11.5 Å². The molecule has 0 saturated heterocycles. The summed E-state index contributed by atoms with van der Waals surface area (Å²) in [5.41, 5.74) is 1.11. The molecule has 1 aromatic carbocycles. The molecule has 0 radical (unpaired) electrons. The van der Waals surface area contributed by atoms with Crippen LogP contribution in [0.5, 0.6) is 11.5 Å². The highest BCUT2D eigenvalue weighted by Gasteiger charge is 2.13. The molecule has 0 heterocycles. The van der Waals surface area contributed by atoms with Gasteiger partial charge in [0.2, 0.25) is 0 Å². The summed E-state index contributed by atoms with van der Waals surface area (Å²) in [6.45, 7) is 4.66. The van der Waals surface area contributed by atoms with Crippen LogP contribution in [0.1, 0.15) is 12.5 Å². The van der Waals surface area contributed by atoms with E-state index in [9.17, 15) is 0 Å². The summed E-state index contributed by atoms with van der Waals surface area (Å²) >= 11 is 3.54. The summed E-state index contributed by atoms with van der Waals surface area (Å²) in [5, 5.41) is 3.30. The zero-order valence-corrected chi connectivity index (χ0v) is 14.7. The first-order valence-corrected chi connectivity index (χ1v) is 7.63. The molecule has 1 atom stereocenters. The molecular weight excluding hydrogens is 338 g/mol. The van der Waals surface area contributed by atoms with E-state index in [0.717, 1.165) is 23.1 Å². The summed E-state index contributed by atoms with van der Waals surface area (Å²) in [5.74, 6) is 1.40.